The fourth-order valence-electron chi connectivity index (χ4n) is 3.53. The van der Waals surface area contributed by atoms with Crippen LogP contribution in [-0.2, 0) is 11.3 Å². The average Bonchev–Trinajstić information content (AvgIpc) is 3.50. The van der Waals surface area contributed by atoms with Gasteiger partial charge in [0.1, 0.15) is 5.75 Å². The van der Waals surface area contributed by atoms with E-state index in [1.165, 1.54) is 17.7 Å². The fourth-order valence-corrected chi connectivity index (χ4v) is 4.39. The lowest BCUT2D eigenvalue weighted by Gasteiger charge is -2.27. The minimum atomic E-state index is 0. The summed E-state index contributed by atoms with van der Waals surface area (Å²) < 4.78 is 5.22. The first-order chi connectivity index (χ1) is 15.1. The maximum Gasteiger partial charge on any atom is 0.241 e. The summed E-state index contributed by atoms with van der Waals surface area (Å²) in [4.78, 5) is 22.3. The molecule has 7 nitrogen and oxygen atoms in total. The maximum absolute atomic E-state index is 12.1. The number of hydrogen-bond donors (Lipinski definition) is 2. The molecule has 0 saturated carbocycles. The van der Waals surface area contributed by atoms with Crippen molar-refractivity contribution in [2.24, 2.45) is 4.99 Å². The summed E-state index contributed by atoms with van der Waals surface area (Å²) in [5.74, 6) is 1.48. The van der Waals surface area contributed by atoms with Crippen LogP contribution in [-0.4, -0.2) is 69.1 Å². The molecule has 1 aliphatic rings. The molecule has 1 saturated heterocycles. The molecule has 1 unspecified atom stereocenters. The van der Waals surface area contributed by atoms with Crippen molar-refractivity contribution >= 4 is 47.2 Å². The molecule has 2 aromatic rings. The Labute approximate surface area is 212 Å². The fraction of sp³-hybridized carbons (Fsp3) is 0.478. The van der Waals surface area contributed by atoms with Gasteiger partial charge in [-0.2, -0.15) is 0 Å². The molecule has 0 spiro atoms. The van der Waals surface area contributed by atoms with Crippen molar-refractivity contribution in [2.75, 3.05) is 47.4 Å². The van der Waals surface area contributed by atoms with E-state index < -0.39 is 0 Å². The van der Waals surface area contributed by atoms with Gasteiger partial charge in [-0.25, -0.2) is 4.99 Å². The number of carbonyl (C=O) groups excluding carboxylic acids is 1. The number of halogens is 1. The Hall–Kier alpha value is -1.85. The highest BCUT2D eigenvalue weighted by molar-refractivity contribution is 14.0. The lowest BCUT2D eigenvalue weighted by Crippen LogP contribution is -2.45. The zero-order chi connectivity index (χ0) is 22.1. The molecule has 0 aliphatic carbocycles. The van der Waals surface area contributed by atoms with Gasteiger partial charge in [0.25, 0.3) is 0 Å². The lowest BCUT2D eigenvalue weighted by atomic mass is 10.2. The molecule has 1 amide bonds. The van der Waals surface area contributed by atoms with Crippen LogP contribution >= 0.6 is 35.3 Å². The van der Waals surface area contributed by atoms with Gasteiger partial charge in [-0.05, 0) is 55.1 Å². The molecule has 2 heterocycles. The third-order valence-corrected chi connectivity index (χ3v) is 6.37. The number of methoxy groups -OCH3 is 1. The molecule has 9 heteroatoms. The van der Waals surface area contributed by atoms with E-state index in [0.717, 1.165) is 30.9 Å². The van der Waals surface area contributed by atoms with E-state index >= 15 is 0 Å². The first-order valence-electron chi connectivity index (χ1n) is 10.7. The van der Waals surface area contributed by atoms with Gasteiger partial charge in [0.15, 0.2) is 5.96 Å². The predicted molar refractivity (Wildman–Crippen MR) is 142 cm³/mol. The smallest absolute Gasteiger partial charge is 0.241 e. The molecule has 0 bridgehead atoms. The number of rotatable bonds is 9. The Morgan fingerprint density at radius 2 is 1.91 bits per heavy atom. The largest absolute Gasteiger partial charge is 0.497 e. The molecular weight excluding hydrogens is 537 g/mol. The first kappa shape index (κ1) is 26.4. The van der Waals surface area contributed by atoms with Gasteiger partial charge in [0, 0.05) is 25.5 Å². The van der Waals surface area contributed by atoms with Gasteiger partial charge < -0.3 is 20.3 Å². The summed E-state index contributed by atoms with van der Waals surface area (Å²) in [6.45, 7) is 3.70. The van der Waals surface area contributed by atoms with Gasteiger partial charge in [-0.15, -0.1) is 35.3 Å². The van der Waals surface area contributed by atoms with Crippen LogP contribution in [0.2, 0.25) is 0 Å². The first-order valence-corrected chi connectivity index (χ1v) is 11.6. The Bertz CT molecular complexity index is 837. The third-order valence-electron chi connectivity index (χ3n) is 5.40. The topological polar surface area (TPSA) is 69.2 Å². The Balaban J connectivity index is 0.00000363. The predicted octanol–water partition coefficient (Wildman–Crippen LogP) is 3.34. The van der Waals surface area contributed by atoms with E-state index in [4.69, 9.17) is 9.73 Å². The summed E-state index contributed by atoms with van der Waals surface area (Å²) in [6, 6.07) is 12.5. The minimum Gasteiger partial charge on any atom is -0.497 e. The highest BCUT2D eigenvalue weighted by atomic mass is 127. The summed E-state index contributed by atoms with van der Waals surface area (Å²) in [7, 11) is 5.17. The summed E-state index contributed by atoms with van der Waals surface area (Å²) in [5, 5.41) is 8.80. The maximum atomic E-state index is 12.1. The molecule has 1 atom stereocenters. The van der Waals surface area contributed by atoms with E-state index in [0.29, 0.717) is 18.5 Å². The highest BCUT2D eigenvalue weighted by Gasteiger charge is 2.24. The summed E-state index contributed by atoms with van der Waals surface area (Å²) >= 11 is 1.79. The number of aliphatic imine (C=N–C) groups is 1. The van der Waals surface area contributed by atoms with Crippen LogP contribution in [0, 0.1) is 0 Å². The number of likely N-dealkylation sites (N-methyl/N-ethyl adjacent to an activating group) is 1. The van der Waals surface area contributed by atoms with E-state index in [9.17, 15) is 4.79 Å². The van der Waals surface area contributed by atoms with E-state index in [2.05, 4.69) is 33.0 Å². The number of thiophene rings is 1. The molecule has 0 radical (unpaired) electrons. The monoisotopic (exact) mass is 571 g/mol. The number of ether oxygens (including phenoxy) is 1. The number of hydrogen-bond acceptors (Lipinski definition) is 5. The van der Waals surface area contributed by atoms with Crippen molar-refractivity contribution in [3.8, 4) is 5.75 Å². The molecule has 2 N–H and O–H groups in total. The number of likely N-dealkylation sites (tertiary alicyclic amines) is 1. The van der Waals surface area contributed by atoms with Crippen LogP contribution in [0.25, 0.3) is 0 Å². The standard InChI is InChI=1S/C23H33N5O2S.HI/c1-27(2)22(29)17-26-23(24-15-18-8-10-19(30-3)11-9-18)25-16-20(21-7-6-14-31-21)28-12-4-5-13-28;/h6-11,14,20H,4-5,12-13,15-17H2,1-3H3,(H2,24,25,26);1H. The Morgan fingerprint density at radius 3 is 2.50 bits per heavy atom. The average molecular weight is 572 g/mol. The van der Waals surface area contributed by atoms with Crippen LogP contribution in [0.15, 0.2) is 46.8 Å². The van der Waals surface area contributed by atoms with Gasteiger partial charge >= 0.3 is 0 Å². The summed E-state index contributed by atoms with van der Waals surface area (Å²) in [6.07, 6.45) is 2.49. The molecule has 1 aliphatic heterocycles. The number of amides is 1. The molecule has 3 rings (SSSR count). The zero-order valence-corrected chi connectivity index (χ0v) is 22.2. The highest BCUT2D eigenvalue weighted by Crippen LogP contribution is 2.27. The molecule has 32 heavy (non-hydrogen) atoms. The number of benzene rings is 1. The van der Waals surface area contributed by atoms with Gasteiger partial charge in [0.05, 0.1) is 26.2 Å². The number of guanidine groups is 1. The van der Waals surface area contributed by atoms with Gasteiger partial charge in [-0.1, -0.05) is 18.2 Å². The van der Waals surface area contributed by atoms with Gasteiger partial charge in [0.2, 0.25) is 5.91 Å². The van der Waals surface area contributed by atoms with Crippen molar-refractivity contribution in [1.82, 2.24) is 20.4 Å². The third kappa shape index (κ3) is 7.93. The van der Waals surface area contributed by atoms with Gasteiger partial charge in [-0.3, -0.25) is 9.69 Å². The van der Waals surface area contributed by atoms with Crippen molar-refractivity contribution < 1.29 is 9.53 Å². The minimum absolute atomic E-state index is 0. The number of carbonyl (C=O) groups is 1. The van der Waals surface area contributed by atoms with Crippen molar-refractivity contribution in [2.45, 2.75) is 25.4 Å². The van der Waals surface area contributed by atoms with Crippen LogP contribution in [0.4, 0.5) is 0 Å². The second kappa shape index (κ2) is 13.6. The Kier molecular flexibility index (Phi) is 11.3. The van der Waals surface area contributed by atoms with Crippen molar-refractivity contribution in [3.63, 3.8) is 0 Å². The van der Waals surface area contributed by atoms with E-state index in [1.807, 2.05) is 24.3 Å². The van der Waals surface area contributed by atoms with Crippen LogP contribution in [0.1, 0.15) is 29.3 Å². The normalized spacial score (nSPS) is 15.0. The lowest BCUT2D eigenvalue weighted by molar-refractivity contribution is -0.127. The number of nitrogens with one attached hydrogen (secondary N) is 2. The van der Waals surface area contributed by atoms with Crippen LogP contribution < -0.4 is 15.4 Å². The van der Waals surface area contributed by atoms with Crippen molar-refractivity contribution in [3.05, 3.63) is 52.2 Å². The quantitative estimate of drug-likeness (QED) is 0.275. The van der Waals surface area contributed by atoms with E-state index in [-0.39, 0.29) is 36.4 Å². The molecule has 1 aromatic heterocycles. The van der Waals surface area contributed by atoms with E-state index in [1.54, 1.807) is 37.4 Å². The van der Waals surface area contributed by atoms with Crippen LogP contribution in [0.5, 0.6) is 5.75 Å². The Morgan fingerprint density at radius 1 is 1.19 bits per heavy atom. The second-order valence-corrected chi connectivity index (χ2v) is 8.79. The summed E-state index contributed by atoms with van der Waals surface area (Å²) in [5.41, 5.74) is 1.08. The molecule has 1 fully saturated rings. The van der Waals surface area contributed by atoms with Crippen molar-refractivity contribution in [1.29, 1.82) is 0 Å². The number of nitrogens with zero attached hydrogens (tertiary/aromatic N) is 3. The SMILES string of the molecule is COc1ccc(CN=C(NCC(=O)N(C)C)NCC(c2cccs2)N2CCCC2)cc1.I. The molecule has 176 valence electrons. The van der Waals surface area contributed by atoms with Crippen LogP contribution in [0.3, 0.4) is 0 Å². The second-order valence-electron chi connectivity index (χ2n) is 7.81. The molecular formula is C23H34IN5O2S. The zero-order valence-electron chi connectivity index (χ0n) is 19.0. The molecule has 1 aromatic carbocycles.